The third-order valence-corrected chi connectivity index (χ3v) is 4.33. The summed E-state index contributed by atoms with van der Waals surface area (Å²) < 4.78 is 5.70. The summed E-state index contributed by atoms with van der Waals surface area (Å²) in [5, 5.41) is 10.0. The minimum Gasteiger partial charge on any atom is -0.483 e. The first-order chi connectivity index (χ1) is 10.0. The van der Waals surface area contributed by atoms with Crippen molar-refractivity contribution in [3.63, 3.8) is 0 Å². The van der Waals surface area contributed by atoms with Crippen molar-refractivity contribution in [3.05, 3.63) is 29.3 Å². The van der Waals surface area contributed by atoms with E-state index in [-0.39, 0.29) is 18.6 Å². The van der Waals surface area contributed by atoms with Crippen LogP contribution in [0.15, 0.2) is 18.2 Å². The number of carbonyl (C=O) groups is 1. The SMILES string of the molecule is Cc1cccc(C)c1OCC(=O)N(C)C1CCCCC1O. The number of aliphatic hydroxyl groups excluding tert-OH is 1. The second kappa shape index (κ2) is 6.94. The number of rotatable bonds is 4. The highest BCUT2D eigenvalue weighted by Crippen LogP contribution is 2.24. The van der Waals surface area contributed by atoms with Gasteiger partial charge in [-0.05, 0) is 37.8 Å². The van der Waals surface area contributed by atoms with E-state index in [1.165, 1.54) is 0 Å². The van der Waals surface area contributed by atoms with Crippen LogP contribution in [0.5, 0.6) is 5.75 Å². The van der Waals surface area contributed by atoms with Gasteiger partial charge in [0.25, 0.3) is 5.91 Å². The number of carbonyl (C=O) groups excluding carboxylic acids is 1. The van der Waals surface area contributed by atoms with Crippen LogP contribution in [0.25, 0.3) is 0 Å². The van der Waals surface area contributed by atoms with Crippen molar-refractivity contribution in [2.45, 2.75) is 51.7 Å². The first kappa shape index (κ1) is 15.8. The molecule has 4 nitrogen and oxygen atoms in total. The van der Waals surface area contributed by atoms with Gasteiger partial charge in [0, 0.05) is 7.05 Å². The highest BCUT2D eigenvalue weighted by Gasteiger charge is 2.29. The molecule has 0 spiro atoms. The maximum atomic E-state index is 12.3. The van der Waals surface area contributed by atoms with Gasteiger partial charge in [0.15, 0.2) is 6.61 Å². The van der Waals surface area contributed by atoms with Gasteiger partial charge in [-0.3, -0.25) is 4.79 Å². The second-order valence-electron chi connectivity index (χ2n) is 5.93. The standard InChI is InChI=1S/C17H25NO3/c1-12-7-6-8-13(2)17(12)21-11-16(20)18(3)14-9-4-5-10-15(14)19/h6-8,14-15,19H,4-5,9-11H2,1-3H3. The molecule has 0 radical (unpaired) electrons. The fraction of sp³-hybridized carbons (Fsp3) is 0.588. The Hall–Kier alpha value is -1.55. The Kier molecular flexibility index (Phi) is 5.23. The van der Waals surface area contributed by atoms with Crippen LogP contribution in [0.2, 0.25) is 0 Å². The van der Waals surface area contributed by atoms with Crippen LogP contribution in [-0.2, 0) is 4.79 Å². The molecule has 1 amide bonds. The summed E-state index contributed by atoms with van der Waals surface area (Å²) >= 11 is 0. The van der Waals surface area contributed by atoms with E-state index in [9.17, 15) is 9.90 Å². The molecule has 0 bridgehead atoms. The summed E-state index contributed by atoms with van der Waals surface area (Å²) in [5.41, 5.74) is 2.06. The first-order valence-corrected chi connectivity index (χ1v) is 7.63. The fourth-order valence-electron chi connectivity index (χ4n) is 2.99. The summed E-state index contributed by atoms with van der Waals surface area (Å²) in [5.74, 6) is 0.701. The summed E-state index contributed by atoms with van der Waals surface area (Å²) in [6.45, 7) is 3.97. The number of ether oxygens (including phenoxy) is 1. The topological polar surface area (TPSA) is 49.8 Å². The van der Waals surface area contributed by atoms with Crippen molar-refractivity contribution >= 4 is 5.91 Å². The van der Waals surface area contributed by atoms with E-state index >= 15 is 0 Å². The summed E-state index contributed by atoms with van der Waals surface area (Å²) in [4.78, 5) is 13.9. The lowest BCUT2D eigenvalue weighted by Gasteiger charge is -2.35. The van der Waals surface area contributed by atoms with Gasteiger partial charge < -0.3 is 14.7 Å². The van der Waals surface area contributed by atoms with Crippen LogP contribution in [-0.4, -0.2) is 41.7 Å². The van der Waals surface area contributed by atoms with Gasteiger partial charge >= 0.3 is 0 Å². The van der Waals surface area contributed by atoms with Gasteiger partial charge in [-0.1, -0.05) is 31.0 Å². The fourth-order valence-corrected chi connectivity index (χ4v) is 2.99. The molecule has 0 heterocycles. The predicted octanol–water partition coefficient (Wildman–Crippen LogP) is 2.44. The third kappa shape index (κ3) is 3.76. The zero-order chi connectivity index (χ0) is 15.4. The molecule has 1 fully saturated rings. The molecule has 1 aliphatic carbocycles. The van der Waals surface area contributed by atoms with Crippen molar-refractivity contribution in [2.75, 3.05) is 13.7 Å². The van der Waals surface area contributed by atoms with E-state index in [1.54, 1.807) is 11.9 Å². The molecule has 0 aliphatic heterocycles. The molecule has 2 unspecified atom stereocenters. The molecule has 0 saturated heterocycles. The van der Waals surface area contributed by atoms with Gasteiger partial charge in [-0.15, -0.1) is 0 Å². The summed E-state index contributed by atoms with van der Waals surface area (Å²) in [6, 6.07) is 5.85. The summed E-state index contributed by atoms with van der Waals surface area (Å²) in [7, 11) is 1.76. The van der Waals surface area contributed by atoms with Crippen molar-refractivity contribution in [3.8, 4) is 5.75 Å². The van der Waals surface area contributed by atoms with Crippen LogP contribution in [0.4, 0.5) is 0 Å². The first-order valence-electron chi connectivity index (χ1n) is 7.63. The van der Waals surface area contributed by atoms with E-state index in [4.69, 9.17) is 4.74 Å². The minimum absolute atomic E-state index is 0.0193. The lowest BCUT2D eigenvalue weighted by atomic mass is 9.91. The average Bonchev–Trinajstić information content (AvgIpc) is 2.46. The Morgan fingerprint density at radius 2 is 1.90 bits per heavy atom. The number of aryl methyl sites for hydroxylation is 2. The normalized spacial score (nSPS) is 21.9. The molecule has 116 valence electrons. The molecule has 4 heteroatoms. The Balaban J connectivity index is 1.95. The highest BCUT2D eigenvalue weighted by atomic mass is 16.5. The van der Waals surface area contributed by atoms with Gasteiger partial charge in [0.1, 0.15) is 5.75 Å². The van der Waals surface area contributed by atoms with Crippen LogP contribution < -0.4 is 4.74 Å². The molecular weight excluding hydrogens is 266 g/mol. The maximum Gasteiger partial charge on any atom is 0.260 e. The van der Waals surface area contributed by atoms with Crippen LogP contribution in [0.1, 0.15) is 36.8 Å². The Morgan fingerprint density at radius 3 is 2.52 bits per heavy atom. The minimum atomic E-state index is -0.409. The summed E-state index contributed by atoms with van der Waals surface area (Å²) in [6.07, 6.45) is 3.34. The number of benzene rings is 1. The lowest BCUT2D eigenvalue weighted by molar-refractivity contribution is -0.137. The molecule has 2 rings (SSSR count). The zero-order valence-electron chi connectivity index (χ0n) is 13.1. The lowest BCUT2D eigenvalue weighted by Crippen LogP contribution is -2.47. The predicted molar refractivity (Wildman–Crippen MR) is 82.4 cm³/mol. The molecule has 1 N–H and O–H groups in total. The molecule has 1 aromatic carbocycles. The van der Waals surface area contributed by atoms with E-state index in [0.29, 0.717) is 0 Å². The maximum absolute atomic E-state index is 12.3. The van der Waals surface area contributed by atoms with E-state index < -0.39 is 6.10 Å². The van der Waals surface area contributed by atoms with Crippen LogP contribution in [0.3, 0.4) is 0 Å². The smallest absolute Gasteiger partial charge is 0.260 e. The Morgan fingerprint density at radius 1 is 1.29 bits per heavy atom. The number of para-hydroxylation sites is 1. The van der Waals surface area contributed by atoms with E-state index in [0.717, 1.165) is 42.6 Å². The molecule has 1 aliphatic rings. The van der Waals surface area contributed by atoms with Crippen molar-refractivity contribution < 1.29 is 14.6 Å². The highest BCUT2D eigenvalue weighted by molar-refractivity contribution is 5.78. The van der Waals surface area contributed by atoms with Gasteiger partial charge in [-0.25, -0.2) is 0 Å². The van der Waals surface area contributed by atoms with Crippen molar-refractivity contribution in [1.29, 1.82) is 0 Å². The quantitative estimate of drug-likeness (QED) is 0.927. The van der Waals surface area contributed by atoms with Crippen molar-refractivity contribution in [2.24, 2.45) is 0 Å². The number of likely N-dealkylation sites (N-methyl/N-ethyl adjacent to an activating group) is 1. The van der Waals surface area contributed by atoms with Gasteiger partial charge in [0.05, 0.1) is 12.1 Å². The number of hydrogen-bond acceptors (Lipinski definition) is 3. The van der Waals surface area contributed by atoms with Crippen molar-refractivity contribution in [1.82, 2.24) is 4.90 Å². The molecule has 1 aromatic rings. The Labute approximate surface area is 126 Å². The van der Waals surface area contributed by atoms with Crippen LogP contribution in [0, 0.1) is 13.8 Å². The molecule has 1 saturated carbocycles. The number of nitrogens with zero attached hydrogens (tertiary/aromatic N) is 1. The molecule has 2 atom stereocenters. The largest absolute Gasteiger partial charge is 0.483 e. The number of amides is 1. The van der Waals surface area contributed by atoms with Crippen LogP contribution >= 0.6 is 0 Å². The van der Waals surface area contributed by atoms with E-state index in [2.05, 4.69) is 0 Å². The van der Waals surface area contributed by atoms with E-state index in [1.807, 2.05) is 32.0 Å². The average molecular weight is 291 g/mol. The zero-order valence-corrected chi connectivity index (χ0v) is 13.1. The Bertz CT molecular complexity index is 481. The molecular formula is C17H25NO3. The molecule has 0 aromatic heterocycles. The molecule has 21 heavy (non-hydrogen) atoms. The monoisotopic (exact) mass is 291 g/mol. The second-order valence-corrected chi connectivity index (χ2v) is 5.93. The van der Waals surface area contributed by atoms with Gasteiger partial charge in [-0.2, -0.15) is 0 Å². The third-order valence-electron chi connectivity index (χ3n) is 4.33. The number of aliphatic hydroxyl groups is 1. The number of hydrogen-bond donors (Lipinski definition) is 1. The van der Waals surface area contributed by atoms with Gasteiger partial charge in [0.2, 0.25) is 0 Å².